The van der Waals surface area contributed by atoms with E-state index in [9.17, 15) is 14.7 Å². The second-order valence-corrected chi connectivity index (χ2v) is 21.6. The Morgan fingerprint density at radius 1 is 0.983 bits per heavy atom. The van der Waals surface area contributed by atoms with Crippen LogP contribution in [0.1, 0.15) is 87.4 Å². The standard InChI is InChI=1S/C46H59N5O7Si/c1-32-44(59(4,5)36-22-20-35(56-2)21-23-36)41(25-28-49-30-39(47-48-49)37(31-52)33-15-9-8-10-16-33)58-46(32)38-29-34(50-26-13-7-6-11-17-42(50)53)19-24-40(38)51(45(46)55)27-14-12-18-43(54)57-3/h8-10,15-16,19-24,29-30,32,37,41,44,52H,6-7,11-14,17-18,25-28,31H2,1-5H3/t32-,37?,41+,44-,46+/m0/s1. The number of hydrogen-bond donors (Lipinski definition) is 1. The zero-order valence-electron chi connectivity index (χ0n) is 35.1. The minimum atomic E-state index is -2.44. The number of carbonyl (C=O) groups is 3. The zero-order chi connectivity index (χ0) is 41.7. The van der Waals surface area contributed by atoms with Gasteiger partial charge in [0.2, 0.25) is 5.91 Å². The first-order valence-corrected chi connectivity index (χ1v) is 24.3. The van der Waals surface area contributed by atoms with Crippen LogP contribution in [0, 0.1) is 5.92 Å². The molecular formula is C46H59N5O7Si. The highest BCUT2D eigenvalue weighted by atomic mass is 28.3. The largest absolute Gasteiger partial charge is 0.497 e. The predicted octanol–water partition coefficient (Wildman–Crippen LogP) is 6.70. The number of rotatable bonds is 15. The molecule has 1 unspecified atom stereocenters. The smallest absolute Gasteiger partial charge is 0.305 e. The number of nitrogens with zero attached hydrogens (tertiary/aromatic N) is 5. The zero-order valence-corrected chi connectivity index (χ0v) is 36.1. The Balaban J connectivity index is 1.27. The fourth-order valence-corrected chi connectivity index (χ4v) is 14.0. The molecule has 7 rings (SSSR count). The molecule has 4 aromatic rings. The van der Waals surface area contributed by atoms with Gasteiger partial charge in [-0.2, -0.15) is 0 Å². The number of aromatic nitrogens is 3. The number of ether oxygens (including phenoxy) is 3. The lowest BCUT2D eigenvalue weighted by atomic mass is 9.82. The fourth-order valence-electron chi connectivity index (χ4n) is 9.93. The van der Waals surface area contributed by atoms with Gasteiger partial charge in [-0.25, -0.2) is 0 Å². The molecule has 0 bridgehead atoms. The highest BCUT2D eigenvalue weighted by molar-refractivity contribution is 6.91. The van der Waals surface area contributed by atoms with Gasteiger partial charge in [0.1, 0.15) is 5.75 Å². The van der Waals surface area contributed by atoms with Gasteiger partial charge in [-0.05, 0) is 73.5 Å². The van der Waals surface area contributed by atoms with Crippen LogP contribution >= 0.6 is 0 Å². The van der Waals surface area contributed by atoms with E-state index < -0.39 is 13.7 Å². The van der Waals surface area contributed by atoms with Crippen LogP contribution in [0.4, 0.5) is 11.4 Å². The van der Waals surface area contributed by atoms with Crippen molar-refractivity contribution in [3.8, 4) is 5.75 Å². The third kappa shape index (κ3) is 8.34. The third-order valence-electron chi connectivity index (χ3n) is 13.1. The topological polar surface area (TPSA) is 136 Å². The number of hydrogen-bond acceptors (Lipinski definition) is 9. The first-order chi connectivity index (χ1) is 28.5. The number of benzene rings is 3. The van der Waals surface area contributed by atoms with Crippen LogP contribution in [-0.4, -0.2) is 86.0 Å². The van der Waals surface area contributed by atoms with Gasteiger partial charge in [-0.15, -0.1) is 5.10 Å². The summed E-state index contributed by atoms with van der Waals surface area (Å²) in [5.41, 5.74) is 2.75. The maximum atomic E-state index is 15.4. The molecule has 0 saturated carbocycles. The monoisotopic (exact) mass is 821 g/mol. The minimum absolute atomic E-state index is 0.00328. The highest BCUT2D eigenvalue weighted by Gasteiger charge is 2.66. The van der Waals surface area contributed by atoms with Crippen molar-refractivity contribution in [2.45, 2.75) is 108 Å². The van der Waals surface area contributed by atoms with Gasteiger partial charge in [0.25, 0.3) is 5.91 Å². The van der Waals surface area contributed by atoms with Gasteiger partial charge >= 0.3 is 5.97 Å². The van der Waals surface area contributed by atoms with Crippen molar-refractivity contribution in [2.24, 2.45) is 5.92 Å². The van der Waals surface area contributed by atoms with Crippen molar-refractivity contribution < 1.29 is 33.7 Å². The number of aliphatic hydroxyl groups is 1. The summed E-state index contributed by atoms with van der Waals surface area (Å²) in [6, 6.07) is 24.2. The summed E-state index contributed by atoms with van der Waals surface area (Å²) < 4.78 is 19.7. The fraction of sp³-hybridized carbons (Fsp3) is 0.500. The second kappa shape index (κ2) is 18.2. The molecule has 314 valence electrons. The summed E-state index contributed by atoms with van der Waals surface area (Å²) in [6.45, 7) is 8.37. The van der Waals surface area contributed by atoms with E-state index >= 15 is 4.79 Å². The number of aliphatic hydroxyl groups excluding tert-OH is 1. The normalized spacial score (nSPS) is 22.6. The average Bonchev–Trinajstić information content (AvgIpc) is 3.90. The van der Waals surface area contributed by atoms with Gasteiger partial charge < -0.3 is 29.1 Å². The first-order valence-electron chi connectivity index (χ1n) is 21.2. The van der Waals surface area contributed by atoms with Crippen LogP contribution in [0.15, 0.2) is 79.0 Å². The molecule has 1 N–H and O–H groups in total. The highest BCUT2D eigenvalue weighted by Crippen LogP contribution is 2.60. The van der Waals surface area contributed by atoms with E-state index in [1.165, 1.54) is 12.3 Å². The van der Waals surface area contributed by atoms with Gasteiger partial charge in [0, 0.05) is 55.8 Å². The summed E-state index contributed by atoms with van der Waals surface area (Å²) >= 11 is 0. The van der Waals surface area contributed by atoms with Crippen LogP contribution in [0.25, 0.3) is 0 Å². The number of anilines is 2. The maximum Gasteiger partial charge on any atom is 0.305 e. The SMILES string of the molecule is COC(=O)CCCCN1C(=O)[C@]2(O[C@H](CCn3cc(C(CO)c4ccccc4)nn3)[C@@H]([Si](C)(C)c3ccc(OC)cc3)[C@@H]2C)c2cc(N3CCCCCCC3=O)ccc21. The Hall–Kier alpha value is -4.85. The van der Waals surface area contributed by atoms with Crippen LogP contribution < -0.4 is 19.7 Å². The molecule has 1 aromatic heterocycles. The molecule has 12 nitrogen and oxygen atoms in total. The molecule has 13 heteroatoms. The number of fused-ring (bicyclic) bond motifs is 2. The Morgan fingerprint density at radius 3 is 2.47 bits per heavy atom. The molecule has 2 amide bonds. The second-order valence-electron chi connectivity index (χ2n) is 16.9. The Kier molecular flexibility index (Phi) is 13.0. The summed E-state index contributed by atoms with van der Waals surface area (Å²) in [6.07, 6.45) is 8.05. The van der Waals surface area contributed by atoms with E-state index in [2.05, 4.69) is 48.5 Å². The Morgan fingerprint density at radius 2 is 1.75 bits per heavy atom. The summed E-state index contributed by atoms with van der Waals surface area (Å²) in [5.74, 6) is -0.00878. The van der Waals surface area contributed by atoms with E-state index in [-0.39, 0.29) is 54.3 Å². The number of aryl methyl sites for hydroxylation is 1. The lowest BCUT2D eigenvalue weighted by Crippen LogP contribution is -2.52. The summed E-state index contributed by atoms with van der Waals surface area (Å²) in [4.78, 5) is 44.7. The van der Waals surface area contributed by atoms with Crippen molar-refractivity contribution in [3.05, 3.63) is 95.8 Å². The molecule has 5 atom stereocenters. The van der Waals surface area contributed by atoms with Crippen molar-refractivity contribution in [3.63, 3.8) is 0 Å². The van der Waals surface area contributed by atoms with E-state index in [0.717, 1.165) is 53.9 Å². The minimum Gasteiger partial charge on any atom is -0.497 e. The molecule has 3 aliphatic rings. The number of methoxy groups -OCH3 is 2. The molecule has 0 radical (unpaired) electrons. The molecular weight excluding hydrogens is 763 g/mol. The molecule has 59 heavy (non-hydrogen) atoms. The van der Waals surface area contributed by atoms with Crippen LogP contribution in [0.2, 0.25) is 18.6 Å². The molecule has 3 aromatic carbocycles. The van der Waals surface area contributed by atoms with E-state index in [0.29, 0.717) is 51.0 Å². The quantitative estimate of drug-likeness (QED) is 0.0789. The van der Waals surface area contributed by atoms with Crippen LogP contribution in [-0.2, 0) is 36.0 Å². The lowest BCUT2D eigenvalue weighted by Gasteiger charge is -2.37. The first kappa shape index (κ1) is 42.3. The molecule has 3 aliphatic heterocycles. The van der Waals surface area contributed by atoms with Gasteiger partial charge in [-0.1, -0.05) is 85.7 Å². The number of carbonyl (C=O) groups excluding carboxylic acids is 3. The van der Waals surface area contributed by atoms with Crippen molar-refractivity contribution in [1.29, 1.82) is 0 Å². The predicted molar refractivity (Wildman–Crippen MR) is 230 cm³/mol. The number of unbranched alkanes of at least 4 members (excludes halogenated alkanes) is 1. The molecule has 4 heterocycles. The van der Waals surface area contributed by atoms with E-state index in [1.54, 1.807) is 7.11 Å². The van der Waals surface area contributed by atoms with Crippen molar-refractivity contribution in [1.82, 2.24) is 15.0 Å². The van der Waals surface area contributed by atoms with E-state index in [4.69, 9.17) is 14.2 Å². The number of amides is 2. The Bertz CT molecular complexity index is 2090. The molecule has 2 saturated heterocycles. The third-order valence-corrected chi connectivity index (χ3v) is 17.5. The van der Waals surface area contributed by atoms with Gasteiger partial charge in [-0.3, -0.25) is 19.1 Å². The Labute approximate surface area is 348 Å². The summed E-state index contributed by atoms with van der Waals surface area (Å²) in [7, 11) is 0.621. The van der Waals surface area contributed by atoms with Crippen molar-refractivity contribution in [2.75, 3.05) is 43.7 Å². The number of esters is 1. The van der Waals surface area contributed by atoms with Crippen molar-refractivity contribution >= 4 is 42.4 Å². The average molecular weight is 822 g/mol. The van der Waals surface area contributed by atoms with Crippen LogP contribution in [0.5, 0.6) is 5.75 Å². The van der Waals surface area contributed by atoms with Crippen LogP contribution in [0.3, 0.4) is 0 Å². The van der Waals surface area contributed by atoms with Gasteiger partial charge in [0.05, 0.1) is 52.3 Å². The molecule has 1 spiro atoms. The lowest BCUT2D eigenvalue weighted by molar-refractivity contribution is -0.146. The molecule has 2 fully saturated rings. The van der Waals surface area contributed by atoms with E-state index in [1.807, 2.05) is 75.3 Å². The summed E-state index contributed by atoms with van der Waals surface area (Å²) in [5, 5.41) is 20.6. The van der Waals surface area contributed by atoms with Gasteiger partial charge in [0.15, 0.2) is 5.60 Å². The maximum absolute atomic E-state index is 15.4. The molecule has 0 aliphatic carbocycles.